The van der Waals surface area contributed by atoms with E-state index in [4.69, 9.17) is 0 Å². The maximum Gasteiger partial charge on any atom is 0.0488 e. The van der Waals surface area contributed by atoms with E-state index in [1.807, 2.05) is 0 Å². The predicted molar refractivity (Wildman–Crippen MR) is 111 cm³/mol. The monoisotopic (exact) mass is 344 g/mol. The predicted octanol–water partition coefficient (Wildman–Crippen LogP) is 5.31. The molecule has 2 aromatic rings. The van der Waals surface area contributed by atoms with Crippen molar-refractivity contribution in [2.45, 2.75) is 39.2 Å². The van der Waals surface area contributed by atoms with Crippen LogP contribution in [0, 0.1) is 5.92 Å². The molecule has 1 N–H and O–H groups in total. The number of para-hydroxylation sites is 1. The lowest BCUT2D eigenvalue weighted by Crippen LogP contribution is -2.26. The standard InChI is InChI=1S/C24H28N2/c1-17(2)16-26-23-11-7-6-10-21(23)22-14-20(12-13-24(22)26)18(3)25-15-19-8-4-5-9-19/h4-8,10-11,20,25H,1,3,9,12-16H2,2H3. The molecule has 1 atom stereocenters. The third kappa shape index (κ3) is 3.16. The molecule has 1 unspecified atom stereocenters. The highest BCUT2D eigenvalue weighted by atomic mass is 15.0. The van der Waals surface area contributed by atoms with E-state index in [2.05, 4.69) is 72.5 Å². The van der Waals surface area contributed by atoms with E-state index in [1.54, 1.807) is 0 Å². The van der Waals surface area contributed by atoms with E-state index in [1.165, 1.54) is 45.4 Å². The van der Waals surface area contributed by atoms with Crippen LogP contribution in [0.25, 0.3) is 10.9 Å². The van der Waals surface area contributed by atoms with E-state index in [0.717, 1.165) is 32.4 Å². The number of rotatable bonds is 6. The Kier molecular flexibility index (Phi) is 4.58. The van der Waals surface area contributed by atoms with Crippen molar-refractivity contribution in [3.05, 3.63) is 83.8 Å². The highest BCUT2D eigenvalue weighted by Gasteiger charge is 2.26. The SMILES string of the molecule is C=C(C)Cn1c2c(c3ccccc31)CC(C(=C)NCC1=CC=CC1)CC2. The van der Waals surface area contributed by atoms with Crippen LogP contribution >= 0.6 is 0 Å². The number of fused-ring (bicyclic) bond motifs is 3. The van der Waals surface area contributed by atoms with Crippen molar-refractivity contribution < 1.29 is 0 Å². The molecule has 0 saturated heterocycles. The first-order valence-electron chi connectivity index (χ1n) is 9.64. The first-order valence-corrected chi connectivity index (χ1v) is 9.64. The fourth-order valence-corrected chi connectivity index (χ4v) is 4.34. The van der Waals surface area contributed by atoms with Gasteiger partial charge in [0, 0.05) is 41.3 Å². The molecule has 134 valence electrons. The quantitative estimate of drug-likeness (QED) is 0.703. The molecule has 1 aromatic heterocycles. The van der Waals surface area contributed by atoms with Crippen molar-refractivity contribution in [1.29, 1.82) is 0 Å². The zero-order chi connectivity index (χ0) is 18.1. The van der Waals surface area contributed by atoms with Gasteiger partial charge >= 0.3 is 0 Å². The molecule has 0 amide bonds. The first kappa shape index (κ1) is 17.0. The van der Waals surface area contributed by atoms with Gasteiger partial charge in [0.15, 0.2) is 0 Å². The number of nitrogens with zero attached hydrogens (tertiary/aromatic N) is 1. The van der Waals surface area contributed by atoms with Gasteiger partial charge in [-0.3, -0.25) is 0 Å². The second-order valence-electron chi connectivity index (χ2n) is 7.76. The average Bonchev–Trinajstić information content (AvgIpc) is 3.26. The molecule has 2 nitrogen and oxygen atoms in total. The summed E-state index contributed by atoms with van der Waals surface area (Å²) in [5.41, 5.74) is 8.21. The Morgan fingerprint density at radius 1 is 1.27 bits per heavy atom. The van der Waals surface area contributed by atoms with Crippen LogP contribution in [0.4, 0.5) is 0 Å². The Morgan fingerprint density at radius 3 is 2.88 bits per heavy atom. The van der Waals surface area contributed by atoms with E-state index in [0.29, 0.717) is 5.92 Å². The smallest absolute Gasteiger partial charge is 0.0488 e. The van der Waals surface area contributed by atoms with Gasteiger partial charge in [-0.05, 0) is 49.8 Å². The van der Waals surface area contributed by atoms with Crippen molar-refractivity contribution >= 4 is 10.9 Å². The van der Waals surface area contributed by atoms with Crippen molar-refractivity contribution in [2.75, 3.05) is 6.54 Å². The zero-order valence-electron chi connectivity index (χ0n) is 15.7. The summed E-state index contributed by atoms with van der Waals surface area (Å²) < 4.78 is 2.48. The molecule has 1 aromatic carbocycles. The second kappa shape index (κ2) is 7.03. The number of aromatic nitrogens is 1. The highest BCUT2D eigenvalue weighted by Crippen LogP contribution is 2.36. The van der Waals surface area contributed by atoms with Gasteiger partial charge in [0.2, 0.25) is 0 Å². The van der Waals surface area contributed by atoms with Crippen LogP contribution in [0.3, 0.4) is 0 Å². The Bertz CT molecular complexity index is 923. The van der Waals surface area contributed by atoms with E-state index >= 15 is 0 Å². The van der Waals surface area contributed by atoms with Gasteiger partial charge < -0.3 is 9.88 Å². The summed E-state index contributed by atoms with van der Waals surface area (Å²) in [5, 5.41) is 4.99. The van der Waals surface area contributed by atoms with E-state index in [-0.39, 0.29) is 0 Å². The molecule has 0 radical (unpaired) electrons. The highest BCUT2D eigenvalue weighted by molar-refractivity contribution is 5.86. The molecule has 0 saturated carbocycles. The van der Waals surface area contributed by atoms with Crippen molar-refractivity contribution in [3.8, 4) is 0 Å². The second-order valence-corrected chi connectivity index (χ2v) is 7.76. The summed E-state index contributed by atoms with van der Waals surface area (Å²) in [6.45, 7) is 12.5. The number of hydrogen-bond acceptors (Lipinski definition) is 1. The molecule has 4 rings (SSSR count). The van der Waals surface area contributed by atoms with Crippen molar-refractivity contribution in [2.24, 2.45) is 5.92 Å². The van der Waals surface area contributed by atoms with Crippen molar-refractivity contribution in [1.82, 2.24) is 9.88 Å². The molecular weight excluding hydrogens is 316 g/mol. The van der Waals surface area contributed by atoms with Crippen LogP contribution < -0.4 is 5.32 Å². The number of nitrogens with one attached hydrogen (secondary N) is 1. The lowest BCUT2D eigenvalue weighted by atomic mass is 9.84. The normalized spacial score (nSPS) is 18.7. The molecule has 2 aliphatic rings. The summed E-state index contributed by atoms with van der Waals surface area (Å²) in [6, 6.07) is 8.82. The molecule has 0 bridgehead atoms. The van der Waals surface area contributed by atoms with Crippen LogP contribution in [0.5, 0.6) is 0 Å². The number of allylic oxidation sites excluding steroid dienone is 5. The van der Waals surface area contributed by atoms with Crippen LogP contribution in [-0.4, -0.2) is 11.1 Å². The minimum atomic E-state index is 0.515. The number of hydrogen-bond donors (Lipinski definition) is 1. The number of benzene rings is 1. The lowest BCUT2D eigenvalue weighted by molar-refractivity contribution is 0.486. The molecule has 2 heteroatoms. The molecule has 2 aliphatic carbocycles. The zero-order valence-corrected chi connectivity index (χ0v) is 15.7. The van der Waals surface area contributed by atoms with Crippen LogP contribution in [-0.2, 0) is 19.4 Å². The minimum absolute atomic E-state index is 0.515. The molecule has 26 heavy (non-hydrogen) atoms. The third-order valence-corrected chi connectivity index (χ3v) is 5.69. The summed E-state index contributed by atoms with van der Waals surface area (Å²) in [4.78, 5) is 0. The molecular formula is C24H28N2. The Morgan fingerprint density at radius 2 is 2.12 bits per heavy atom. The molecule has 0 spiro atoms. The molecule has 0 fully saturated rings. The summed E-state index contributed by atoms with van der Waals surface area (Å²) >= 11 is 0. The third-order valence-electron chi connectivity index (χ3n) is 5.69. The van der Waals surface area contributed by atoms with Gasteiger partial charge in [-0.2, -0.15) is 0 Å². The Labute approximate surface area is 156 Å². The Balaban J connectivity index is 1.56. The maximum atomic E-state index is 4.37. The van der Waals surface area contributed by atoms with E-state index < -0.39 is 0 Å². The first-order chi connectivity index (χ1) is 12.6. The lowest BCUT2D eigenvalue weighted by Gasteiger charge is -2.27. The fraction of sp³-hybridized carbons (Fsp3) is 0.333. The Hall–Kier alpha value is -2.48. The van der Waals surface area contributed by atoms with E-state index in [9.17, 15) is 0 Å². The fourth-order valence-electron chi connectivity index (χ4n) is 4.34. The minimum Gasteiger partial charge on any atom is -0.385 e. The summed E-state index contributed by atoms with van der Waals surface area (Å²) in [7, 11) is 0. The van der Waals surface area contributed by atoms with Gasteiger partial charge in [0.25, 0.3) is 0 Å². The molecule has 1 heterocycles. The van der Waals surface area contributed by atoms with Gasteiger partial charge in [0.1, 0.15) is 0 Å². The summed E-state index contributed by atoms with van der Waals surface area (Å²) in [6.07, 6.45) is 11.0. The van der Waals surface area contributed by atoms with Gasteiger partial charge in [-0.1, -0.05) is 55.2 Å². The topological polar surface area (TPSA) is 17.0 Å². The van der Waals surface area contributed by atoms with Crippen LogP contribution in [0.2, 0.25) is 0 Å². The maximum absolute atomic E-state index is 4.37. The summed E-state index contributed by atoms with van der Waals surface area (Å²) in [5.74, 6) is 0.515. The van der Waals surface area contributed by atoms with Gasteiger partial charge in [-0.15, -0.1) is 0 Å². The van der Waals surface area contributed by atoms with Gasteiger partial charge in [0.05, 0.1) is 0 Å². The largest absolute Gasteiger partial charge is 0.385 e. The average molecular weight is 345 g/mol. The van der Waals surface area contributed by atoms with Crippen LogP contribution in [0.15, 0.2) is 72.5 Å². The van der Waals surface area contributed by atoms with Crippen LogP contribution in [0.1, 0.15) is 31.0 Å². The van der Waals surface area contributed by atoms with Crippen molar-refractivity contribution in [3.63, 3.8) is 0 Å². The van der Waals surface area contributed by atoms with Gasteiger partial charge in [-0.25, -0.2) is 0 Å². The molecule has 0 aliphatic heterocycles.